The van der Waals surface area contributed by atoms with Crippen molar-refractivity contribution >= 4 is 17.5 Å². The quantitative estimate of drug-likeness (QED) is 0.444. The highest BCUT2D eigenvalue weighted by Crippen LogP contribution is 2.21. The van der Waals surface area contributed by atoms with Crippen LogP contribution in [0.15, 0.2) is 59.0 Å². The Morgan fingerprint density at radius 2 is 1.86 bits per heavy atom. The molecule has 1 aliphatic rings. The van der Waals surface area contributed by atoms with Gasteiger partial charge in [-0.15, -0.1) is 0 Å². The van der Waals surface area contributed by atoms with E-state index in [2.05, 4.69) is 21.6 Å². The molecule has 4 rings (SSSR count). The number of furan rings is 1. The molecule has 0 bridgehead atoms. The molecule has 0 radical (unpaired) electrons. The summed E-state index contributed by atoms with van der Waals surface area (Å²) < 4.78 is 16.8. The molecule has 190 valence electrons. The highest BCUT2D eigenvalue weighted by Gasteiger charge is 2.14. The number of anilines is 1. The molecule has 0 aliphatic carbocycles. The van der Waals surface area contributed by atoms with Crippen LogP contribution in [0.1, 0.15) is 39.4 Å². The van der Waals surface area contributed by atoms with E-state index in [-0.39, 0.29) is 24.2 Å². The number of aryl methyl sites for hydroxylation is 2. The number of amides is 2. The monoisotopic (exact) mass is 491 g/mol. The molecule has 1 aromatic heterocycles. The van der Waals surface area contributed by atoms with Gasteiger partial charge in [0.25, 0.3) is 5.91 Å². The molecule has 8 nitrogen and oxygen atoms in total. The van der Waals surface area contributed by atoms with Gasteiger partial charge in [0.05, 0.1) is 13.2 Å². The number of benzene rings is 2. The molecule has 2 heterocycles. The van der Waals surface area contributed by atoms with E-state index in [0.29, 0.717) is 31.0 Å². The van der Waals surface area contributed by atoms with Crippen molar-refractivity contribution in [3.05, 3.63) is 82.8 Å². The van der Waals surface area contributed by atoms with E-state index in [0.717, 1.165) is 43.2 Å². The molecule has 0 unspecified atom stereocenters. The molecule has 2 N–H and O–H groups in total. The van der Waals surface area contributed by atoms with Gasteiger partial charge < -0.3 is 24.5 Å². The van der Waals surface area contributed by atoms with Gasteiger partial charge >= 0.3 is 0 Å². The van der Waals surface area contributed by atoms with Crippen LogP contribution in [0.5, 0.6) is 5.75 Å². The molecule has 0 atom stereocenters. The minimum Gasteiger partial charge on any atom is -0.485 e. The largest absolute Gasteiger partial charge is 0.485 e. The zero-order chi connectivity index (χ0) is 25.3. The van der Waals surface area contributed by atoms with Gasteiger partial charge in [-0.25, -0.2) is 0 Å². The van der Waals surface area contributed by atoms with Gasteiger partial charge in [-0.1, -0.05) is 29.8 Å². The van der Waals surface area contributed by atoms with Crippen LogP contribution in [0.4, 0.5) is 5.69 Å². The summed E-state index contributed by atoms with van der Waals surface area (Å²) in [5.41, 5.74) is 3.81. The fraction of sp³-hybridized carbons (Fsp3) is 0.357. The molecular weight excluding hydrogens is 458 g/mol. The van der Waals surface area contributed by atoms with Gasteiger partial charge in [-0.2, -0.15) is 0 Å². The summed E-state index contributed by atoms with van der Waals surface area (Å²) >= 11 is 0. The summed E-state index contributed by atoms with van der Waals surface area (Å²) in [5, 5.41) is 5.80. The summed E-state index contributed by atoms with van der Waals surface area (Å²) in [7, 11) is 0. The van der Waals surface area contributed by atoms with Crippen molar-refractivity contribution in [2.75, 3.05) is 38.2 Å². The van der Waals surface area contributed by atoms with Crippen molar-refractivity contribution < 1.29 is 23.5 Å². The van der Waals surface area contributed by atoms with E-state index < -0.39 is 0 Å². The minimum atomic E-state index is -0.312. The van der Waals surface area contributed by atoms with E-state index in [1.54, 1.807) is 12.1 Å². The highest BCUT2D eigenvalue weighted by atomic mass is 16.5. The summed E-state index contributed by atoms with van der Waals surface area (Å²) in [4.78, 5) is 27.1. The maximum atomic E-state index is 12.6. The van der Waals surface area contributed by atoms with Crippen LogP contribution < -0.4 is 15.4 Å². The van der Waals surface area contributed by atoms with Crippen molar-refractivity contribution in [1.82, 2.24) is 10.2 Å². The Hall–Kier alpha value is -3.62. The lowest BCUT2D eigenvalue weighted by molar-refractivity contribution is -0.116. The normalized spacial score (nSPS) is 13.8. The average molecular weight is 492 g/mol. The first-order chi connectivity index (χ1) is 17.5. The van der Waals surface area contributed by atoms with Crippen LogP contribution in [-0.4, -0.2) is 49.6 Å². The molecule has 3 aromatic rings. The molecular formula is C28H33N3O5. The van der Waals surface area contributed by atoms with Crippen LogP contribution in [0.3, 0.4) is 0 Å². The van der Waals surface area contributed by atoms with Gasteiger partial charge in [0.2, 0.25) is 5.91 Å². The summed E-state index contributed by atoms with van der Waals surface area (Å²) in [5.74, 6) is 1.24. The third-order valence-electron chi connectivity index (χ3n) is 6.01. The molecule has 1 fully saturated rings. The number of morpholine rings is 1. The molecule has 36 heavy (non-hydrogen) atoms. The lowest BCUT2D eigenvalue weighted by Gasteiger charge is -2.26. The zero-order valence-electron chi connectivity index (χ0n) is 20.8. The first kappa shape index (κ1) is 25.5. The zero-order valence-corrected chi connectivity index (χ0v) is 20.8. The standard InChI is InChI=1S/C28H33N3O5/c1-20-6-8-25(21(2)16-20)35-19-24-7-9-26(36-24)28(33)29-18-22-4-3-5-23(17-22)30-27(32)10-11-31-12-14-34-15-13-31/h3-9,16-17H,10-15,18-19H2,1-2H3,(H,29,33)(H,30,32). The number of hydrogen-bond donors (Lipinski definition) is 2. The van der Waals surface area contributed by atoms with Gasteiger partial charge in [-0.05, 0) is 55.3 Å². The van der Waals surface area contributed by atoms with E-state index in [1.807, 2.05) is 50.2 Å². The predicted octanol–water partition coefficient (Wildman–Crippen LogP) is 4.07. The first-order valence-electron chi connectivity index (χ1n) is 12.2. The van der Waals surface area contributed by atoms with Gasteiger partial charge in [0, 0.05) is 38.3 Å². The molecule has 8 heteroatoms. The maximum absolute atomic E-state index is 12.6. The van der Waals surface area contributed by atoms with Gasteiger partial charge in [-0.3, -0.25) is 14.5 Å². The number of nitrogens with zero attached hydrogens (tertiary/aromatic N) is 1. The van der Waals surface area contributed by atoms with Crippen LogP contribution in [0.2, 0.25) is 0 Å². The first-order valence-corrected chi connectivity index (χ1v) is 12.2. The Morgan fingerprint density at radius 1 is 1.03 bits per heavy atom. The van der Waals surface area contributed by atoms with E-state index in [9.17, 15) is 9.59 Å². The number of nitrogens with one attached hydrogen (secondary N) is 2. The molecule has 2 amide bonds. The van der Waals surface area contributed by atoms with Crippen molar-refractivity contribution in [3.63, 3.8) is 0 Å². The second-order valence-electron chi connectivity index (χ2n) is 8.96. The van der Waals surface area contributed by atoms with Crippen molar-refractivity contribution in [2.45, 2.75) is 33.4 Å². The van der Waals surface area contributed by atoms with Crippen LogP contribution in [0, 0.1) is 13.8 Å². The lowest BCUT2D eigenvalue weighted by atomic mass is 10.1. The van der Waals surface area contributed by atoms with Crippen LogP contribution >= 0.6 is 0 Å². The second kappa shape index (κ2) is 12.4. The number of rotatable bonds is 10. The highest BCUT2D eigenvalue weighted by molar-refractivity contribution is 5.92. The predicted molar refractivity (Wildman–Crippen MR) is 137 cm³/mol. The Balaban J connectivity index is 1.23. The van der Waals surface area contributed by atoms with Gasteiger partial charge in [0.1, 0.15) is 18.1 Å². The third-order valence-corrected chi connectivity index (χ3v) is 6.01. The molecule has 0 saturated carbocycles. The fourth-order valence-corrected chi connectivity index (χ4v) is 4.02. The Morgan fingerprint density at radius 3 is 2.67 bits per heavy atom. The molecule has 0 spiro atoms. The lowest BCUT2D eigenvalue weighted by Crippen LogP contribution is -2.38. The van der Waals surface area contributed by atoms with Crippen molar-refractivity contribution in [2.24, 2.45) is 0 Å². The van der Waals surface area contributed by atoms with E-state index in [4.69, 9.17) is 13.9 Å². The maximum Gasteiger partial charge on any atom is 0.287 e. The molecule has 1 saturated heterocycles. The number of ether oxygens (including phenoxy) is 2. The van der Waals surface area contributed by atoms with Crippen LogP contribution in [0.25, 0.3) is 0 Å². The number of carbonyl (C=O) groups is 2. The summed E-state index contributed by atoms with van der Waals surface area (Å²) in [6.45, 7) is 8.45. The summed E-state index contributed by atoms with van der Waals surface area (Å²) in [6.07, 6.45) is 0.426. The second-order valence-corrected chi connectivity index (χ2v) is 8.96. The third kappa shape index (κ3) is 7.44. The number of hydrogen-bond acceptors (Lipinski definition) is 6. The minimum absolute atomic E-state index is 0.0335. The van der Waals surface area contributed by atoms with Crippen molar-refractivity contribution in [3.8, 4) is 5.75 Å². The Bertz CT molecular complexity index is 1180. The van der Waals surface area contributed by atoms with Crippen LogP contribution in [-0.2, 0) is 22.7 Å². The Kier molecular flexibility index (Phi) is 8.76. The summed E-state index contributed by atoms with van der Waals surface area (Å²) in [6, 6.07) is 16.8. The SMILES string of the molecule is Cc1ccc(OCc2ccc(C(=O)NCc3cccc(NC(=O)CCN4CCOCC4)c3)o2)c(C)c1. The smallest absolute Gasteiger partial charge is 0.287 e. The molecule has 2 aromatic carbocycles. The molecule has 1 aliphatic heterocycles. The Labute approximate surface area is 211 Å². The van der Waals surface area contributed by atoms with E-state index >= 15 is 0 Å². The van der Waals surface area contributed by atoms with E-state index in [1.165, 1.54) is 5.56 Å². The topological polar surface area (TPSA) is 93.0 Å². The van der Waals surface area contributed by atoms with Crippen molar-refractivity contribution in [1.29, 1.82) is 0 Å². The number of carbonyl (C=O) groups excluding carboxylic acids is 2. The average Bonchev–Trinajstić information content (AvgIpc) is 3.36. The van der Waals surface area contributed by atoms with Gasteiger partial charge in [0.15, 0.2) is 5.76 Å². The fourth-order valence-electron chi connectivity index (χ4n) is 4.02.